The van der Waals surface area contributed by atoms with Crippen molar-refractivity contribution in [3.05, 3.63) is 0 Å². The molecule has 0 heterocycles. The molecule has 0 aromatic heterocycles. The Morgan fingerprint density at radius 3 is 0.653 bits per heavy atom. The molecule has 0 bridgehead atoms. The molecule has 4 unspecified atom stereocenters. The molecule has 16 N–H and O–H groups in total. The van der Waals surface area contributed by atoms with Crippen LogP contribution in [0.3, 0.4) is 0 Å². The predicted octanol–water partition coefficient (Wildman–Crippen LogP) is -1.45. The first kappa shape index (κ1) is 70.7. The minimum Gasteiger partial charge on any atom is -0.395 e. The van der Waals surface area contributed by atoms with Crippen molar-refractivity contribution in [3.8, 4) is 0 Å². The van der Waals surface area contributed by atoms with Gasteiger partial charge in [0.2, 0.25) is 0 Å². The van der Waals surface area contributed by atoms with Crippen LogP contribution in [0, 0.1) is 0 Å². The lowest BCUT2D eigenvalue weighted by molar-refractivity contribution is 0.0825. The van der Waals surface area contributed by atoms with Crippen molar-refractivity contribution in [3.63, 3.8) is 0 Å². The zero-order valence-corrected chi connectivity index (χ0v) is 44.8. The molecule has 0 aromatic rings. The minimum atomic E-state index is -0.463. The van der Waals surface area contributed by atoms with Gasteiger partial charge in [-0.25, -0.2) is 19.2 Å². The van der Waals surface area contributed by atoms with Crippen LogP contribution in [0.4, 0.5) is 19.2 Å². The number of nitrogens with one attached hydrogen (secondary N) is 8. The van der Waals surface area contributed by atoms with E-state index in [-0.39, 0.29) is 50.6 Å². The summed E-state index contributed by atoms with van der Waals surface area (Å²) < 4.78 is 0. The van der Waals surface area contributed by atoms with Crippen LogP contribution < -0.4 is 42.5 Å². The lowest BCUT2D eigenvalue weighted by Gasteiger charge is -2.25. The van der Waals surface area contributed by atoms with E-state index in [1.165, 1.54) is 0 Å². The van der Waals surface area contributed by atoms with Gasteiger partial charge in [0, 0.05) is 118 Å². The summed E-state index contributed by atoms with van der Waals surface area (Å²) in [6.07, 6.45) is 8.44. The second-order valence-electron chi connectivity index (χ2n) is 18.5. The van der Waals surface area contributed by atoms with E-state index < -0.39 is 24.4 Å². The molecule has 0 aliphatic heterocycles. The number of unbranched alkanes of at least 4 members (excludes halogenated alkanes) is 6. The number of carbonyl (C=O) groups excluding carboxylic acids is 4. The van der Waals surface area contributed by atoms with Crippen molar-refractivity contribution in [1.29, 1.82) is 0 Å². The molecule has 24 nitrogen and oxygen atoms in total. The quantitative estimate of drug-likeness (QED) is 0.0310. The zero-order valence-electron chi connectivity index (χ0n) is 44.8. The highest BCUT2D eigenvalue weighted by Crippen LogP contribution is 2.01. The molecular weight excluding hydrogens is 937 g/mol. The van der Waals surface area contributed by atoms with Gasteiger partial charge in [-0.15, -0.1) is 0 Å². The van der Waals surface area contributed by atoms with Crippen LogP contribution in [0.5, 0.6) is 0 Å². The topological polar surface area (TPSA) is 339 Å². The number of carbonyl (C=O) groups is 4. The number of hydrogen-bond donors (Lipinski definition) is 16. The molecule has 4 atom stereocenters. The maximum absolute atomic E-state index is 11.9. The maximum Gasteiger partial charge on any atom is 0.314 e. The normalized spacial score (nSPS) is 13.0. The van der Waals surface area contributed by atoms with E-state index in [1.54, 1.807) is 27.7 Å². The van der Waals surface area contributed by atoms with E-state index in [0.717, 1.165) is 77.0 Å². The van der Waals surface area contributed by atoms with Gasteiger partial charge in [-0.2, -0.15) is 0 Å². The Balaban J connectivity index is 0. The Labute approximate surface area is 431 Å². The average molecular weight is 1040 g/mol. The van der Waals surface area contributed by atoms with Gasteiger partial charge in [0.05, 0.1) is 50.8 Å². The van der Waals surface area contributed by atoms with Crippen molar-refractivity contribution in [2.24, 2.45) is 0 Å². The van der Waals surface area contributed by atoms with Crippen molar-refractivity contribution < 1.29 is 60.0 Å². The Morgan fingerprint density at radius 2 is 0.472 bits per heavy atom. The molecule has 0 saturated carbocycles. The van der Waals surface area contributed by atoms with Crippen LogP contribution in [0.2, 0.25) is 0 Å². The molecule has 0 spiro atoms. The smallest absolute Gasteiger partial charge is 0.314 e. The Hall–Kier alpha value is -3.40. The van der Waals surface area contributed by atoms with E-state index in [1.807, 2.05) is 19.6 Å². The monoisotopic (exact) mass is 1040 g/mol. The third-order valence-electron chi connectivity index (χ3n) is 10.9. The largest absolute Gasteiger partial charge is 0.395 e. The summed E-state index contributed by atoms with van der Waals surface area (Å²) in [5, 5.41) is 96.7. The minimum absolute atomic E-state index is 0.0512. The highest BCUT2D eigenvalue weighted by Gasteiger charge is 2.13. The summed E-state index contributed by atoms with van der Waals surface area (Å²) in [7, 11) is 0. The molecule has 8 amide bonds. The van der Waals surface area contributed by atoms with E-state index in [0.29, 0.717) is 131 Å². The van der Waals surface area contributed by atoms with E-state index >= 15 is 0 Å². The van der Waals surface area contributed by atoms with Gasteiger partial charge in [0.25, 0.3) is 0 Å². The molecular formula is C48H104N12O12. The SMILES string of the molecule is CC(O)CN(CCCNC(=O)NCCCCCCNC(=O)NCCCN(CC(C)O)CC(C)O)CC(C)O.O=C(NCCCCCCNC(=O)NCCCN(CCO)CCO)NCCCN(CCO)CCO. The van der Waals surface area contributed by atoms with E-state index in [9.17, 15) is 39.6 Å². The molecule has 24 heteroatoms. The first-order valence-corrected chi connectivity index (χ1v) is 26.7. The lowest BCUT2D eigenvalue weighted by Crippen LogP contribution is -2.40. The predicted molar refractivity (Wildman–Crippen MR) is 282 cm³/mol. The van der Waals surface area contributed by atoms with E-state index in [2.05, 4.69) is 42.5 Å². The van der Waals surface area contributed by atoms with Crippen molar-refractivity contribution >= 4 is 24.1 Å². The Bertz CT molecular complexity index is 1140. The van der Waals surface area contributed by atoms with Crippen molar-refractivity contribution in [2.75, 3.05) is 157 Å². The lowest BCUT2D eigenvalue weighted by atomic mass is 10.2. The van der Waals surface area contributed by atoms with Gasteiger partial charge >= 0.3 is 24.1 Å². The standard InChI is InChI=1S/C26H56N6O6.C22H48N6O6/c1-21(33)17-31(18-22(2)34)15-9-13-29-25(37)27-11-7-5-6-8-12-28-26(38)30-14-10-16-32(19-23(3)35)20-24(4)36;29-17-13-27(14-18-30)11-5-9-25-21(33)23-7-3-1-2-4-8-24-22(34)26-10-6-12-28(15-19-31)16-20-32/h21-24,33-36H,5-20H2,1-4H3,(H2,27,29,37)(H2,28,30,38);29-32H,1-20H2,(H2,23,25,33)(H2,24,26,34). The number of hydrogen-bond acceptors (Lipinski definition) is 16. The number of aliphatic hydroxyl groups is 8. The summed E-state index contributed by atoms with van der Waals surface area (Å²) in [6, 6.07) is -0.767. The molecule has 0 saturated heterocycles. The van der Waals surface area contributed by atoms with Crippen molar-refractivity contribution in [1.82, 2.24) is 62.1 Å². The molecule has 428 valence electrons. The number of nitrogens with zero attached hydrogens (tertiary/aromatic N) is 4. The summed E-state index contributed by atoms with van der Waals surface area (Å²) in [6.45, 7) is 18.4. The highest BCUT2D eigenvalue weighted by molar-refractivity contribution is 5.74. The fraction of sp³-hybridized carbons (Fsp3) is 0.917. The third-order valence-corrected chi connectivity index (χ3v) is 10.9. The Morgan fingerprint density at radius 1 is 0.292 bits per heavy atom. The van der Waals surface area contributed by atoms with Gasteiger partial charge in [-0.05, 0) is 92.2 Å². The first-order chi connectivity index (χ1) is 34.6. The van der Waals surface area contributed by atoms with Crippen LogP contribution in [0.15, 0.2) is 0 Å². The number of urea groups is 4. The summed E-state index contributed by atoms with van der Waals surface area (Å²) in [4.78, 5) is 55.2. The average Bonchev–Trinajstić information content (AvgIpc) is 3.30. The molecule has 0 aromatic carbocycles. The van der Waals surface area contributed by atoms with Crippen LogP contribution in [-0.2, 0) is 0 Å². The number of rotatable bonds is 46. The fourth-order valence-corrected chi connectivity index (χ4v) is 7.53. The Kier molecular flexibility index (Phi) is 50.2. The van der Waals surface area contributed by atoms with Gasteiger partial charge in [0.15, 0.2) is 0 Å². The second kappa shape index (κ2) is 51.1. The highest BCUT2D eigenvalue weighted by atomic mass is 16.3. The maximum atomic E-state index is 11.9. The van der Waals surface area contributed by atoms with Crippen molar-refractivity contribution in [2.45, 2.75) is 129 Å². The van der Waals surface area contributed by atoms with Gasteiger partial charge < -0.3 is 83.4 Å². The molecule has 0 rings (SSSR count). The molecule has 0 aliphatic rings. The molecule has 0 aliphatic carbocycles. The van der Waals surface area contributed by atoms with Gasteiger partial charge in [-0.1, -0.05) is 25.7 Å². The van der Waals surface area contributed by atoms with Crippen LogP contribution in [-0.4, -0.2) is 266 Å². The summed E-state index contributed by atoms with van der Waals surface area (Å²) in [5.41, 5.74) is 0. The number of amides is 8. The summed E-state index contributed by atoms with van der Waals surface area (Å²) in [5.74, 6) is 0. The van der Waals surface area contributed by atoms with Gasteiger partial charge in [0.1, 0.15) is 0 Å². The first-order valence-electron chi connectivity index (χ1n) is 26.7. The van der Waals surface area contributed by atoms with E-state index in [4.69, 9.17) is 20.4 Å². The van der Waals surface area contributed by atoms with Gasteiger partial charge in [-0.3, -0.25) is 19.6 Å². The molecule has 0 radical (unpaired) electrons. The van der Waals surface area contributed by atoms with Crippen LogP contribution in [0.25, 0.3) is 0 Å². The van der Waals surface area contributed by atoms with Crippen LogP contribution >= 0.6 is 0 Å². The second-order valence-corrected chi connectivity index (χ2v) is 18.5. The molecule has 0 fully saturated rings. The zero-order chi connectivity index (χ0) is 54.0. The van der Waals surface area contributed by atoms with Crippen LogP contribution in [0.1, 0.15) is 105 Å². The fourth-order valence-electron chi connectivity index (χ4n) is 7.53. The molecule has 72 heavy (non-hydrogen) atoms. The third kappa shape index (κ3) is 51.5. The summed E-state index contributed by atoms with van der Waals surface area (Å²) >= 11 is 0. The number of aliphatic hydroxyl groups excluding tert-OH is 8.